The topological polar surface area (TPSA) is 25.8 Å². The zero-order chi connectivity index (χ0) is 33.8. The van der Waals surface area contributed by atoms with Gasteiger partial charge in [0.15, 0.2) is 5.82 Å². The summed E-state index contributed by atoms with van der Waals surface area (Å²) < 4.78 is 5.29. The van der Waals surface area contributed by atoms with E-state index in [4.69, 9.17) is 9.97 Å². The van der Waals surface area contributed by atoms with Gasteiger partial charge in [-0.3, -0.25) is 0 Å². The SMILES string of the molecule is CC1(C)c2ccccc2-c2c1c1ccc3sc4ccccc4c3c1c1c2sc2c(-c3cc(-c4ccccc4)nc(-c4ccccc4)n3)cccc21. The van der Waals surface area contributed by atoms with Crippen LogP contribution in [0.25, 0.3) is 96.1 Å². The summed E-state index contributed by atoms with van der Waals surface area (Å²) in [7, 11) is 0. The molecule has 11 rings (SSSR count). The Morgan fingerprint density at radius 1 is 0.471 bits per heavy atom. The van der Waals surface area contributed by atoms with E-state index in [-0.39, 0.29) is 5.41 Å². The molecule has 3 heterocycles. The van der Waals surface area contributed by atoms with Gasteiger partial charge in [-0.1, -0.05) is 141 Å². The fourth-order valence-corrected chi connectivity index (χ4v) is 11.1. The lowest BCUT2D eigenvalue weighted by Gasteiger charge is -2.24. The van der Waals surface area contributed by atoms with Crippen molar-refractivity contribution in [1.29, 1.82) is 0 Å². The van der Waals surface area contributed by atoms with E-state index in [0.717, 1.165) is 33.9 Å². The minimum absolute atomic E-state index is 0.140. The van der Waals surface area contributed by atoms with Crippen molar-refractivity contribution in [3.8, 4) is 45.0 Å². The van der Waals surface area contributed by atoms with Crippen molar-refractivity contribution in [3.05, 3.63) is 157 Å². The van der Waals surface area contributed by atoms with Crippen LogP contribution in [-0.2, 0) is 5.41 Å². The van der Waals surface area contributed by atoms with Gasteiger partial charge in [0, 0.05) is 73.4 Å². The molecule has 240 valence electrons. The summed E-state index contributed by atoms with van der Waals surface area (Å²) in [5.41, 5.74) is 10.5. The fraction of sp³-hybridized carbons (Fsp3) is 0.0638. The number of aromatic nitrogens is 2. The number of benzene rings is 7. The monoisotopic (exact) mass is 686 g/mol. The van der Waals surface area contributed by atoms with Crippen LogP contribution in [0.2, 0.25) is 0 Å². The molecule has 1 aliphatic carbocycles. The van der Waals surface area contributed by atoms with Crippen molar-refractivity contribution in [2.75, 3.05) is 0 Å². The number of hydrogen-bond donors (Lipinski definition) is 0. The van der Waals surface area contributed by atoms with E-state index in [2.05, 4.69) is 153 Å². The van der Waals surface area contributed by atoms with Crippen LogP contribution in [0.5, 0.6) is 0 Å². The van der Waals surface area contributed by atoms with E-state index >= 15 is 0 Å². The van der Waals surface area contributed by atoms with Crippen LogP contribution in [0.4, 0.5) is 0 Å². The molecule has 1 aliphatic rings. The average Bonchev–Trinajstić information content (AvgIpc) is 3.83. The zero-order valence-electron chi connectivity index (χ0n) is 28.1. The maximum absolute atomic E-state index is 5.29. The Morgan fingerprint density at radius 2 is 1.16 bits per heavy atom. The van der Waals surface area contributed by atoms with Gasteiger partial charge in [0.25, 0.3) is 0 Å². The van der Waals surface area contributed by atoms with Gasteiger partial charge in [-0.05, 0) is 40.3 Å². The lowest BCUT2D eigenvalue weighted by Crippen LogP contribution is -2.15. The van der Waals surface area contributed by atoms with E-state index in [1.807, 2.05) is 28.7 Å². The Labute approximate surface area is 303 Å². The van der Waals surface area contributed by atoms with E-state index in [9.17, 15) is 0 Å². The van der Waals surface area contributed by atoms with Crippen molar-refractivity contribution >= 4 is 73.8 Å². The summed E-state index contributed by atoms with van der Waals surface area (Å²) >= 11 is 3.83. The molecule has 0 saturated carbocycles. The van der Waals surface area contributed by atoms with Crippen LogP contribution < -0.4 is 0 Å². The highest BCUT2D eigenvalue weighted by Gasteiger charge is 2.39. The van der Waals surface area contributed by atoms with Gasteiger partial charge in [0.1, 0.15) is 0 Å². The van der Waals surface area contributed by atoms with Gasteiger partial charge in [-0.25, -0.2) is 9.97 Å². The molecule has 4 heteroatoms. The van der Waals surface area contributed by atoms with Crippen molar-refractivity contribution in [3.63, 3.8) is 0 Å². The summed E-state index contributed by atoms with van der Waals surface area (Å²) in [6.45, 7) is 4.82. The third-order valence-electron chi connectivity index (χ3n) is 10.9. The van der Waals surface area contributed by atoms with Gasteiger partial charge in [0.2, 0.25) is 0 Å². The number of fused-ring (bicyclic) bond motifs is 14. The lowest BCUT2D eigenvalue weighted by molar-refractivity contribution is 0.666. The first-order chi connectivity index (χ1) is 25.1. The Hall–Kier alpha value is -5.68. The minimum atomic E-state index is -0.140. The van der Waals surface area contributed by atoms with Gasteiger partial charge < -0.3 is 0 Å². The molecular weight excluding hydrogens is 657 g/mol. The third-order valence-corrected chi connectivity index (χ3v) is 13.2. The van der Waals surface area contributed by atoms with Crippen LogP contribution in [0.1, 0.15) is 25.0 Å². The molecule has 2 nitrogen and oxygen atoms in total. The van der Waals surface area contributed by atoms with Gasteiger partial charge in [-0.15, -0.1) is 22.7 Å². The summed E-state index contributed by atoms with van der Waals surface area (Å²) in [5.74, 6) is 0.735. The molecule has 0 N–H and O–H groups in total. The second-order valence-corrected chi connectivity index (χ2v) is 16.2. The van der Waals surface area contributed by atoms with E-state index in [1.165, 1.54) is 73.4 Å². The Morgan fingerprint density at radius 3 is 2.00 bits per heavy atom. The van der Waals surface area contributed by atoms with Crippen molar-refractivity contribution in [1.82, 2.24) is 9.97 Å². The van der Waals surface area contributed by atoms with Crippen molar-refractivity contribution in [2.45, 2.75) is 19.3 Å². The predicted octanol–water partition coefficient (Wildman–Crippen LogP) is 13.7. The Kier molecular flexibility index (Phi) is 6.08. The molecule has 0 amide bonds. The molecule has 0 bridgehead atoms. The number of hydrogen-bond acceptors (Lipinski definition) is 4. The number of rotatable bonds is 3. The summed E-state index contributed by atoms with van der Waals surface area (Å²) in [6, 6.07) is 52.6. The van der Waals surface area contributed by atoms with Gasteiger partial charge in [-0.2, -0.15) is 0 Å². The number of nitrogens with zero attached hydrogens (tertiary/aromatic N) is 2. The molecule has 10 aromatic rings. The number of thiophene rings is 2. The standard InChI is InChI=1S/C47H30N2S2/c1-47(2)34-22-11-9-18-29(34)42-43(47)32-24-25-38-39(31-19-10-12-23-37(31)50-38)40(32)41-33-21-13-20-30(44(33)51-45(41)42)36-26-35(27-14-5-3-6-15-27)48-46(49-36)28-16-7-4-8-17-28/h3-26H,1-2H3. The van der Waals surface area contributed by atoms with Crippen LogP contribution in [0, 0.1) is 0 Å². The fourth-order valence-electron chi connectivity index (χ4n) is 8.62. The highest BCUT2D eigenvalue weighted by atomic mass is 32.1. The van der Waals surface area contributed by atoms with E-state index in [1.54, 1.807) is 0 Å². The molecule has 0 radical (unpaired) electrons. The maximum Gasteiger partial charge on any atom is 0.160 e. The highest BCUT2D eigenvalue weighted by molar-refractivity contribution is 7.27. The average molecular weight is 687 g/mol. The summed E-state index contributed by atoms with van der Waals surface area (Å²) in [6.07, 6.45) is 0. The highest BCUT2D eigenvalue weighted by Crippen LogP contribution is 2.59. The van der Waals surface area contributed by atoms with Crippen LogP contribution in [-0.4, -0.2) is 9.97 Å². The quantitative estimate of drug-likeness (QED) is 0.185. The zero-order valence-corrected chi connectivity index (χ0v) is 29.7. The predicted molar refractivity (Wildman–Crippen MR) is 219 cm³/mol. The Bertz CT molecular complexity index is 2980. The first kappa shape index (κ1) is 29.1. The first-order valence-corrected chi connectivity index (χ1v) is 19.1. The second-order valence-electron chi connectivity index (χ2n) is 14.1. The molecule has 0 spiro atoms. The normalized spacial score (nSPS) is 13.5. The smallest absolute Gasteiger partial charge is 0.160 e. The molecule has 0 unspecified atom stereocenters. The molecule has 51 heavy (non-hydrogen) atoms. The Balaban J connectivity index is 1.31. The molecule has 0 fully saturated rings. The minimum Gasteiger partial charge on any atom is -0.228 e. The van der Waals surface area contributed by atoms with Crippen LogP contribution in [0.3, 0.4) is 0 Å². The lowest BCUT2D eigenvalue weighted by atomic mass is 9.79. The molecule has 3 aromatic heterocycles. The van der Waals surface area contributed by atoms with Gasteiger partial charge in [0.05, 0.1) is 11.4 Å². The van der Waals surface area contributed by atoms with Crippen LogP contribution in [0.15, 0.2) is 146 Å². The van der Waals surface area contributed by atoms with Crippen LogP contribution >= 0.6 is 22.7 Å². The van der Waals surface area contributed by atoms with Crippen molar-refractivity contribution < 1.29 is 0 Å². The van der Waals surface area contributed by atoms with Gasteiger partial charge >= 0.3 is 0 Å². The maximum atomic E-state index is 5.29. The molecule has 0 atom stereocenters. The van der Waals surface area contributed by atoms with E-state index < -0.39 is 0 Å². The molecule has 0 aliphatic heterocycles. The summed E-state index contributed by atoms with van der Waals surface area (Å²) in [5, 5.41) is 8.08. The second kappa shape index (κ2) is 10.7. The third kappa shape index (κ3) is 4.09. The summed E-state index contributed by atoms with van der Waals surface area (Å²) in [4.78, 5) is 10.4. The van der Waals surface area contributed by atoms with E-state index in [0.29, 0.717) is 0 Å². The molecule has 0 saturated heterocycles. The first-order valence-electron chi connectivity index (χ1n) is 17.4. The van der Waals surface area contributed by atoms with Crippen molar-refractivity contribution in [2.24, 2.45) is 0 Å². The largest absolute Gasteiger partial charge is 0.228 e. The molecular formula is C47H30N2S2. The molecule has 7 aromatic carbocycles.